The largest absolute Gasteiger partial charge is 0.453 e. The molecular weight excluding hydrogens is 130 g/mol. The first kappa shape index (κ1) is 7.56. The Bertz CT molecular complexity index is 76.4. The van der Waals surface area contributed by atoms with Crippen molar-refractivity contribution in [3.63, 3.8) is 0 Å². The predicted octanol–water partition coefficient (Wildman–Crippen LogP) is 0.581. The molecule has 0 unspecified atom stereocenters. The zero-order valence-corrected chi connectivity index (χ0v) is 5.36. The van der Waals surface area contributed by atoms with E-state index in [-0.39, 0.29) is 0 Å². The molecule has 0 aliphatic heterocycles. The van der Waals surface area contributed by atoms with Crippen LogP contribution in [0, 0.1) is 0 Å². The van der Waals surface area contributed by atoms with Crippen molar-refractivity contribution < 1.29 is 9.53 Å². The molecule has 0 rings (SSSR count). The van der Waals surface area contributed by atoms with E-state index in [2.05, 4.69) is 10.1 Å². The number of ether oxygens (including phenoxy) is 1. The van der Waals surface area contributed by atoms with Crippen LogP contribution in [0.3, 0.4) is 0 Å². The van der Waals surface area contributed by atoms with Crippen LogP contribution in [0.5, 0.6) is 0 Å². The summed E-state index contributed by atoms with van der Waals surface area (Å²) in [5.41, 5.74) is 0. The maximum absolute atomic E-state index is 10.2. The molecule has 3 nitrogen and oxygen atoms in total. The van der Waals surface area contributed by atoms with Gasteiger partial charge in [0.25, 0.3) is 0 Å². The number of alkyl carbamates (subject to hydrolysis) is 1. The maximum atomic E-state index is 10.2. The Morgan fingerprint density at radius 2 is 2.50 bits per heavy atom. The van der Waals surface area contributed by atoms with E-state index in [1.807, 2.05) is 0 Å². The Morgan fingerprint density at radius 1 is 1.88 bits per heavy atom. The molecule has 0 saturated carbocycles. The molecule has 0 fully saturated rings. The second-order valence-electron chi connectivity index (χ2n) is 1.11. The quantitative estimate of drug-likeness (QED) is 0.566. The number of hydrogen-bond acceptors (Lipinski definition) is 2. The van der Waals surface area contributed by atoms with E-state index in [0.29, 0.717) is 12.4 Å². The van der Waals surface area contributed by atoms with Gasteiger partial charge in [0.1, 0.15) is 0 Å². The molecule has 8 heavy (non-hydrogen) atoms. The molecule has 0 aliphatic carbocycles. The molecule has 0 atom stereocenters. The highest BCUT2D eigenvalue weighted by molar-refractivity contribution is 6.18. The van der Waals surface area contributed by atoms with E-state index >= 15 is 0 Å². The number of halogens is 1. The second-order valence-corrected chi connectivity index (χ2v) is 1.49. The highest BCUT2D eigenvalue weighted by Crippen LogP contribution is 1.72. The van der Waals surface area contributed by atoms with E-state index in [1.54, 1.807) is 0 Å². The molecule has 1 N–H and O–H groups in total. The lowest BCUT2D eigenvalue weighted by Gasteiger charge is -1.97. The van der Waals surface area contributed by atoms with Gasteiger partial charge in [0, 0.05) is 12.4 Å². The molecule has 0 spiro atoms. The van der Waals surface area contributed by atoms with Crippen molar-refractivity contribution in [2.24, 2.45) is 0 Å². The molecule has 1 amide bonds. The van der Waals surface area contributed by atoms with Crippen LogP contribution in [0.2, 0.25) is 0 Å². The molecular formula is C4H8ClNO2. The van der Waals surface area contributed by atoms with Gasteiger partial charge in [0.05, 0.1) is 7.11 Å². The molecule has 4 heteroatoms. The Hall–Kier alpha value is -0.440. The Kier molecular flexibility index (Phi) is 4.45. The zero-order chi connectivity index (χ0) is 6.41. The fourth-order valence-electron chi connectivity index (χ4n) is 0.221. The number of carbonyl (C=O) groups excluding carboxylic acids is 1. The number of rotatable bonds is 2. The van der Waals surface area contributed by atoms with Crippen molar-refractivity contribution in [1.82, 2.24) is 5.32 Å². The summed E-state index contributed by atoms with van der Waals surface area (Å²) >= 11 is 5.23. The topological polar surface area (TPSA) is 38.3 Å². The summed E-state index contributed by atoms with van der Waals surface area (Å²) in [6.07, 6.45) is -0.439. The number of nitrogens with one attached hydrogen (secondary N) is 1. The summed E-state index contributed by atoms with van der Waals surface area (Å²) in [5, 5.41) is 2.39. The average Bonchev–Trinajstić information content (AvgIpc) is 1.83. The average molecular weight is 138 g/mol. The van der Waals surface area contributed by atoms with Crippen LogP contribution < -0.4 is 5.32 Å². The molecule has 0 aliphatic rings. The lowest BCUT2D eigenvalue weighted by molar-refractivity contribution is 0.172. The third kappa shape index (κ3) is 3.74. The summed E-state index contributed by atoms with van der Waals surface area (Å²) in [4.78, 5) is 10.2. The first-order valence-electron chi connectivity index (χ1n) is 2.19. The fraction of sp³-hybridized carbons (Fsp3) is 0.750. The summed E-state index contributed by atoms with van der Waals surface area (Å²) in [6.45, 7) is 0.453. The SMILES string of the molecule is COC(=O)NCCCl. The van der Waals surface area contributed by atoms with Gasteiger partial charge < -0.3 is 10.1 Å². The van der Waals surface area contributed by atoms with E-state index in [9.17, 15) is 4.79 Å². The van der Waals surface area contributed by atoms with Crippen molar-refractivity contribution in [2.75, 3.05) is 19.5 Å². The van der Waals surface area contributed by atoms with Crippen molar-refractivity contribution in [3.8, 4) is 0 Å². The van der Waals surface area contributed by atoms with E-state index in [1.165, 1.54) is 7.11 Å². The third-order valence-electron chi connectivity index (χ3n) is 0.549. The lowest BCUT2D eigenvalue weighted by atomic mass is 10.7. The van der Waals surface area contributed by atoms with Gasteiger partial charge in [0.2, 0.25) is 0 Å². The van der Waals surface area contributed by atoms with Crippen molar-refractivity contribution in [3.05, 3.63) is 0 Å². The van der Waals surface area contributed by atoms with Crippen LogP contribution >= 0.6 is 11.6 Å². The van der Waals surface area contributed by atoms with Crippen LogP contribution in [-0.2, 0) is 4.74 Å². The monoisotopic (exact) mass is 137 g/mol. The molecule has 0 aromatic carbocycles. The van der Waals surface area contributed by atoms with Gasteiger partial charge in [-0.05, 0) is 0 Å². The Morgan fingerprint density at radius 3 is 2.88 bits per heavy atom. The normalized spacial score (nSPS) is 8.25. The molecule has 0 saturated heterocycles. The van der Waals surface area contributed by atoms with Gasteiger partial charge >= 0.3 is 6.09 Å². The number of amides is 1. The summed E-state index contributed by atoms with van der Waals surface area (Å²) in [5.74, 6) is 0.412. The zero-order valence-electron chi connectivity index (χ0n) is 4.61. The molecule has 0 bridgehead atoms. The molecule has 48 valence electrons. The first-order chi connectivity index (χ1) is 3.81. The van der Waals surface area contributed by atoms with E-state index < -0.39 is 6.09 Å². The van der Waals surface area contributed by atoms with Gasteiger partial charge in [0.15, 0.2) is 0 Å². The molecule has 0 aromatic rings. The molecule has 0 radical (unpaired) electrons. The van der Waals surface area contributed by atoms with Crippen LogP contribution in [0.15, 0.2) is 0 Å². The van der Waals surface area contributed by atoms with Crippen LogP contribution in [0.4, 0.5) is 4.79 Å². The van der Waals surface area contributed by atoms with Crippen LogP contribution in [-0.4, -0.2) is 25.6 Å². The molecule has 0 aromatic heterocycles. The smallest absolute Gasteiger partial charge is 0.406 e. The van der Waals surface area contributed by atoms with Gasteiger partial charge in [-0.15, -0.1) is 11.6 Å². The van der Waals surface area contributed by atoms with E-state index in [0.717, 1.165) is 0 Å². The lowest BCUT2D eigenvalue weighted by Crippen LogP contribution is -2.24. The summed E-state index contributed by atoms with van der Waals surface area (Å²) in [7, 11) is 1.31. The van der Waals surface area contributed by atoms with Gasteiger partial charge in [-0.25, -0.2) is 4.79 Å². The minimum atomic E-state index is -0.439. The summed E-state index contributed by atoms with van der Waals surface area (Å²) in [6, 6.07) is 0. The predicted molar refractivity (Wildman–Crippen MR) is 31.1 cm³/mol. The van der Waals surface area contributed by atoms with Gasteiger partial charge in [-0.3, -0.25) is 0 Å². The van der Waals surface area contributed by atoms with Gasteiger partial charge in [-0.2, -0.15) is 0 Å². The second kappa shape index (κ2) is 4.71. The third-order valence-corrected chi connectivity index (χ3v) is 0.738. The molecule has 0 heterocycles. The van der Waals surface area contributed by atoms with Crippen LogP contribution in [0.25, 0.3) is 0 Å². The first-order valence-corrected chi connectivity index (χ1v) is 2.72. The highest BCUT2D eigenvalue weighted by atomic mass is 35.5. The Balaban J connectivity index is 2.99. The maximum Gasteiger partial charge on any atom is 0.406 e. The van der Waals surface area contributed by atoms with Crippen molar-refractivity contribution in [1.29, 1.82) is 0 Å². The number of alkyl halides is 1. The number of hydrogen-bond donors (Lipinski definition) is 1. The van der Waals surface area contributed by atoms with Gasteiger partial charge in [-0.1, -0.05) is 0 Å². The summed E-state index contributed by atoms with van der Waals surface area (Å²) < 4.78 is 4.24. The fourth-order valence-corrected chi connectivity index (χ4v) is 0.316. The number of carbonyl (C=O) groups is 1. The van der Waals surface area contributed by atoms with Crippen molar-refractivity contribution in [2.45, 2.75) is 0 Å². The number of methoxy groups -OCH3 is 1. The van der Waals surface area contributed by atoms with Crippen molar-refractivity contribution >= 4 is 17.7 Å². The van der Waals surface area contributed by atoms with Crippen LogP contribution in [0.1, 0.15) is 0 Å². The van der Waals surface area contributed by atoms with E-state index in [4.69, 9.17) is 11.6 Å². The Labute approximate surface area is 53.0 Å². The highest BCUT2D eigenvalue weighted by Gasteiger charge is 1.92. The minimum Gasteiger partial charge on any atom is -0.453 e. The minimum absolute atomic E-state index is 0.412. The standard InChI is InChI=1S/C4H8ClNO2/c1-8-4(7)6-3-2-5/h2-3H2,1H3,(H,6,7).